The fourth-order valence-corrected chi connectivity index (χ4v) is 2.84. The molecule has 0 spiro atoms. The van der Waals surface area contributed by atoms with Crippen LogP contribution in [0.5, 0.6) is 11.5 Å². The Hall–Kier alpha value is -1.95. The summed E-state index contributed by atoms with van der Waals surface area (Å²) in [5, 5.41) is 13.3. The van der Waals surface area contributed by atoms with E-state index in [2.05, 4.69) is 5.32 Å². The van der Waals surface area contributed by atoms with Gasteiger partial charge in [-0.3, -0.25) is 0 Å². The Morgan fingerprint density at radius 1 is 1.40 bits per heavy atom. The minimum atomic E-state index is -0.473. The number of amides is 1. The molecular formula is C19H30N2O4. The molecule has 6 heteroatoms. The molecule has 0 radical (unpaired) electrons. The number of piperidine rings is 1. The fourth-order valence-electron chi connectivity index (χ4n) is 2.84. The van der Waals surface area contributed by atoms with Gasteiger partial charge in [-0.1, -0.05) is 6.07 Å². The van der Waals surface area contributed by atoms with Gasteiger partial charge in [-0.25, -0.2) is 4.79 Å². The molecule has 1 saturated heterocycles. The molecule has 1 aromatic rings. The van der Waals surface area contributed by atoms with Crippen molar-refractivity contribution in [1.82, 2.24) is 10.2 Å². The second-order valence-corrected chi connectivity index (χ2v) is 7.38. The first kappa shape index (κ1) is 19.4. The zero-order chi connectivity index (χ0) is 18.4. The van der Waals surface area contributed by atoms with Crippen LogP contribution >= 0.6 is 0 Å². The number of phenolic OH excluding ortho intramolecular Hbond substituents is 1. The van der Waals surface area contributed by atoms with Crippen molar-refractivity contribution in [3.8, 4) is 11.5 Å². The van der Waals surface area contributed by atoms with Gasteiger partial charge in [-0.15, -0.1) is 0 Å². The molecule has 1 heterocycles. The quantitative estimate of drug-likeness (QED) is 0.853. The molecule has 1 aliphatic rings. The van der Waals surface area contributed by atoms with Gasteiger partial charge < -0.3 is 24.8 Å². The van der Waals surface area contributed by atoms with E-state index in [0.717, 1.165) is 24.9 Å². The molecule has 2 rings (SSSR count). The van der Waals surface area contributed by atoms with E-state index in [9.17, 15) is 9.90 Å². The number of ether oxygens (including phenoxy) is 2. The third-order valence-corrected chi connectivity index (χ3v) is 3.99. The largest absolute Gasteiger partial charge is 0.504 e. The van der Waals surface area contributed by atoms with Gasteiger partial charge in [0, 0.05) is 25.7 Å². The predicted octanol–water partition coefficient (Wildman–Crippen LogP) is 3.28. The zero-order valence-electron chi connectivity index (χ0n) is 15.7. The van der Waals surface area contributed by atoms with E-state index >= 15 is 0 Å². The Kier molecular flexibility index (Phi) is 6.53. The van der Waals surface area contributed by atoms with Crippen molar-refractivity contribution in [2.75, 3.05) is 19.7 Å². The lowest BCUT2D eigenvalue weighted by molar-refractivity contribution is 0.0187. The average molecular weight is 350 g/mol. The summed E-state index contributed by atoms with van der Waals surface area (Å²) < 4.78 is 10.9. The van der Waals surface area contributed by atoms with Crippen molar-refractivity contribution in [2.45, 2.75) is 58.7 Å². The number of aromatic hydroxyl groups is 1. The highest BCUT2D eigenvalue weighted by Crippen LogP contribution is 2.27. The smallest absolute Gasteiger partial charge is 0.410 e. The summed E-state index contributed by atoms with van der Waals surface area (Å²) in [6.07, 6.45) is 1.73. The monoisotopic (exact) mass is 350 g/mol. The second kappa shape index (κ2) is 8.43. The molecule has 0 aromatic heterocycles. The van der Waals surface area contributed by atoms with E-state index in [1.165, 1.54) is 0 Å². The lowest BCUT2D eigenvalue weighted by Gasteiger charge is -2.34. The fraction of sp³-hybridized carbons (Fsp3) is 0.632. The molecule has 1 aliphatic heterocycles. The normalized spacial score (nSPS) is 18.1. The summed E-state index contributed by atoms with van der Waals surface area (Å²) in [7, 11) is 0. The molecule has 140 valence electrons. The van der Waals surface area contributed by atoms with Gasteiger partial charge in [0.2, 0.25) is 0 Å². The summed E-state index contributed by atoms with van der Waals surface area (Å²) in [5.41, 5.74) is 0.565. The third-order valence-electron chi connectivity index (χ3n) is 3.99. The predicted molar refractivity (Wildman–Crippen MR) is 96.9 cm³/mol. The van der Waals surface area contributed by atoms with Gasteiger partial charge in [0.05, 0.1) is 6.61 Å². The van der Waals surface area contributed by atoms with Crippen molar-refractivity contribution in [3.63, 3.8) is 0 Å². The first-order chi connectivity index (χ1) is 11.8. The lowest BCUT2D eigenvalue weighted by Crippen LogP contribution is -2.49. The summed E-state index contributed by atoms with van der Waals surface area (Å²) in [6.45, 7) is 10.1. The van der Waals surface area contributed by atoms with Crippen LogP contribution in [0.3, 0.4) is 0 Å². The van der Waals surface area contributed by atoms with Crippen LogP contribution in [0, 0.1) is 0 Å². The van der Waals surface area contributed by atoms with Gasteiger partial charge in [-0.05, 0) is 58.2 Å². The molecule has 0 unspecified atom stereocenters. The van der Waals surface area contributed by atoms with Crippen molar-refractivity contribution < 1.29 is 19.4 Å². The zero-order valence-corrected chi connectivity index (χ0v) is 15.7. The second-order valence-electron chi connectivity index (χ2n) is 7.38. The summed E-state index contributed by atoms with van der Waals surface area (Å²) in [5.74, 6) is 0.653. The van der Waals surface area contributed by atoms with E-state index in [0.29, 0.717) is 25.4 Å². The van der Waals surface area contributed by atoms with Gasteiger partial charge >= 0.3 is 6.09 Å². The van der Waals surface area contributed by atoms with E-state index < -0.39 is 5.60 Å². The van der Waals surface area contributed by atoms with Crippen LogP contribution in [0.2, 0.25) is 0 Å². The van der Waals surface area contributed by atoms with Gasteiger partial charge in [0.15, 0.2) is 11.5 Å². The maximum absolute atomic E-state index is 12.2. The van der Waals surface area contributed by atoms with Gasteiger partial charge in [-0.2, -0.15) is 0 Å². The number of carbonyl (C=O) groups excluding carboxylic acids is 1. The number of benzene rings is 1. The minimum absolute atomic E-state index is 0.152. The summed E-state index contributed by atoms with van der Waals surface area (Å²) in [4.78, 5) is 14.0. The Balaban J connectivity index is 1.88. The topological polar surface area (TPSA) is 71.0 Å². The number of rotatable bonds is 5. The summed E-state index contributed by atoms with van der Waals surface area (Å²) >= 11 is 0. The molecule has 0 bridgehead atoms. The van der Waals surface area contributed by atoms with Crippen LogP contribution in [0.4, 0.5) is 4.79 Å². The van der Waals surface area contributed by atoms with E-state index in [1.807, 2.05) is 39.8 Å². The summed E-state index contributed by atoms with van der Waals surface area (Å²) in [6, 6.07) is 5.60. The van der Waals surface area contributed by atoms with Crippen LogP contribution in [0.1, 0.15) is 46.1 Å². The Morgan fingerprint density at radius 2 is 2.16 bits per heavy atom. The number of likely N-dealkylation sites (tertiary alicyclic amines) is 1. The van der Waals surface area contributed by atoms with Crippen LogP contribution < -0.4 is 10.1 Å². The van der Waals surface area contributed by atoms with E-state index in [-0.39, 0.29) is 17.9 Å². The number of hydrogen-bond acceptors (Lipinski definition) is 5. The number of hydrogen-bond donors (Lipinski definition) is 2. The average Bonchev–Trinajstić information content (AvgIpc) is 2.54. The highest BCUT2D eigenvalue weighted by Gasteiger charge is 2.27. The molecule has 1 amide bonds. The van der Waals surface area contributed by atoms with E-state index in [4.69, 9.17) is 9.47 Å². The van der Waals surface area contributed by atoms with Crippen LogP contribution in [0.25, 0.3) is 0 Å². The Morgan fingerprint density at radius 3 is 2.84 bits per heavy atom. The lowest BCUT2D eigenvalue weighted by atomic mass is 10.1. The van der Waals surface area contributed by atoms with Crippen LogP contribution in [0.15, 0.2) is 18.2 Å². The molecule has 2 N–H and O–H groups in total. The molecule has 0 aliphatic carbocycles. The maximum Gasteiger partial charge on any atom is 0.410 e. The molecule has 25 heavy (non-hydrogen) atoms. The maximum atomic E-state index is 12.2. The first-order valence-corrected chi connectivity index (χ1v) is 8.94. The van der Waals surface area contributed by atoms with Crippen LogP contribution in [-0.4, -0.2) is 47.4 Å². The molecule has 0 saturated carbocycles. The third kappa shape index (κ3) is 6.12. The van der Waals surface area contributed by atoms with Crippen molar-refractivity contribution in [2.24, 2.45) is 0 Å². The van der Waals surface area contributed by atoms with Crippen molar-refractivity contribution in [1.29, 1.82) is 0 Å². The molecule has 1 aromatic carbocycles. The standard InChI is InChI=1S/C19H30N2O4/c1-5-24-17-11-14(8-9-16(17)22)12-20-15-7-6-10-21(13-15)18(23)25-19(2,3)4/h8-9,11,15,20,22H,5-7,10,12-13H2,1-4H3/t15-/m1/s1. The number of phenols is 1. The van der Waals surface area contributed by atoms with E-state index in [1.54, 1.807) is 11.0 Å². The van der Waals surface area contributed by atoms with Crippen LogP contribution in [-0.2, 0) is 11.3 Å². The molecule has 1 atom stereocenters. The Bertz CT molecular complexity index is 583. The highest BCUT2D eigenvalue weighted by molar-refractivity contribution is 5.68. The number of nitrogens with one attached hydrogen (secondary N) is 1. The van der Waals surface area contributed by atoms with Crippen molar-refractivity contribution in [3.05, 3.63) is 23.8 Å². The minimum Gasteiger partial charge on any atom is -0.504 e. The molecule has 6 nitrogen and oxygen atoms in total. The Labute approximate surface area is 150 Å². The van der Waals surface area contributed by atoms with Gasteiger partial charge in [0.1, 0.15) is 5.60 Å². The number of nitrogens with zero attached hydrogens (tertiary/aromatic N) is 1. The van der Waals surface area contributed by atoms with Gasteiger partial charge in [0.25, 0.3) is 0 Å². The van der Waals surface area contributed by atoms with Crippen molar-refractivity contribution >= 4 is 6.09 Å². The number of carbonyl (C=O) groups is 1. The molecular weight excluding hydrogens is 320 g/mol. The SMILES string of the molecule is CCOc1cc(CN[C@@H]2CCCN(C(=O)OC(C)(C)C)C2)ccc1O. The first-order valence-electron chi connectivity index (χ1n) is 8.94. The molecule has 1 fully saturated rings. The highest BCUT2D eigenvalue weighted by atomic mass is 16.6.